The summed E-state index contributed by atoms with van der Waals surface area (Å²) < 4.78 is 5.20. The third-order valence-electron chi connectivity index (χ3n) is 4.31. The Morgan fingerprint density at radius 2 is 2.00 bits per heavy atom. The Bertz CT molecular complexity index is 390. The molecule has 0 bridgehead atoms. The normalized spacial score (nSPS) is 26.1. The molecule has 106 valence electrons. The third kappa shape index (κ3) is 3.71. The smallest absolute Gasteiger partial charge is 0.118 e. The molecule has 0 radical (unpaired) electrons. The summed E-state index contributed by atoms with van der Waals surface area (Å²) in [6.45, 7) is 5.74. The average Bonchev–Trinajstić information content (AvgIpc) is 2.43. The first-order valence-electron chi connectivity index (χ1n) is 7.20. The number of ether oxygens (including phenoxy) is 1. The molecule has 1 N–H and O–H groups in total. The van der Waals surface area contributed by atoms with Gasteiger partial charge in [0, 0.05) is 18.1 Å². The molecule has 1 aromatic rings. The van der Waals surface area contributed by atoms with Crippen LogP contribution < -0.4 is 10.1 Å². The van der Waals surface area contributed by atoms with Crippen LogP contribution >= 0.6 is 0 Å². The summed E-state index contributed by atoms with van der Waals surface area (Å²) in [5.74, 6) is 0.920. The zero-order chi connectivity index (χ0) is 13.8. The fraction of sp³-hybridized carbons (Fsp3) is 0.625. The quantitative estimate of drug-likeness (QED) is 0.903. The average molecular weight is 262 g/mol. The van der Waals surface area contributed by atoms with E-state index in [4.69, 9.17) is 4.74 Å². The molecule has 3 nitrogen and oxygen atoms in total. The van der Waals surface area contributed by atoms with E-state index in [-0.39, 0.29) is 0 Å². The molecule has 2 rings (SSSR count). The predicted molar refractivity (Wildman–Crippen MR) is 79.7 cm³/mol. The van der Waals surface area contributed by atoms with Gasteiger partial charge in [0.05, 0.1) is 7.11 Å². The molecule has 0 spiro atoms. The molecule has 3 heteroatoms. The Morgan fingerprint density at radius 1 is 1.32 bits per heavy atom. The van der Waals surface area contributed by atoms with Gasteiger partial charge in [0.15, 0.2) is 0 Å². The van der Waals surface area contributed by atoms with Crippen LogP contribution in [-0.2, 0) is 0 Å². The number of rotatable bonds is 4. The Hall–Kier alpha value is -1.06. The number of nitrogens with one attached hydrogen (secondary N) is 1. The Balaban J connectivity index is 1.91. The van der Waals surface area contributed by atoms with E-state index < -0.39 is 0 Å². The molecule has 1 heterocycles. The molecule has 1 fully saturated rings. The number of likely N-dealkylation sites (tertiary alicyclic amines) is 1. The maximum Gasteiger partial charge on any atom is 0.118 e. The largest absolute Gasteiger partial charge is 0.497 e. The van der Waals surface area contributed by atoms with Gasteiger partial charge in [-0.05, 0) is 58.0 Å². The second kappa shape index (κ2) is 6.40. The van der Waals surface area contributed by atoms with Crippen LogP contribution in [0.5, 0.6) is 5.75 Å². The summed E-state index contributed by atoms with van der Waals surface area (Å²) in [6, 6.07) is 10.1. The van der Waals surface area contributed by atoms with Gasteiger partial charge in [-0.15, -0.1) is 0 Å². The van der Waals surface area contributed by atoms with Gasteiger partial charge < -0.3 is 15.0 Å². The maximum atomic E-state index is 5.20. The molecular weight excluding hydrogens is 236 g/mol. The molecule has 0 amide bonds. The Kier molecular flexibility index (Phi) is 4.83. The van der Waals surface area contributed by atoms with Crippen molar-refractivity contribution in [3.63, 3.8) is 0 Å². The molecule has 0 aromatic heterocycles. The SMILES string of the molecule is COc1ccc(C(C)NC2CCN(C)C(C)C2)cc1. The Morgan fingerprint density at radius 3 is 2.58 bits per heavy atom. The lowest BCUT2D eigenvalue weighted by Gasteiger charge is -2.36. The molecule has 3 atom stereocenters. The second-order valence-electron chi connectivity index (χ2n) is 5.71. The van der Waals surface area contributed by atoms with E-state index in [1.807, 2.05) is 12.1 Å². The first-order chi connectivity index (χ1) is 9.10. The van der Waals surface area contributed by atoms with Crippen LogP contribution in [0.25, 0.3) is 0 Å². The third-order valence-corrected chi connectivity index (χ3v) is 4.31. The fourth-order valence-electron chi connectivity index (χ4n) is 2.78. The lowest BCUT2D eigenvalue weighted by atomic mass is 9.97. The lowest BCUT2D eigenvalue weighted by molar-refractivity contribution is 0.163. The van der Waals surface area contributed by atoms with Gasteiger partial charge in [0.1, 0.15) is 5.75 Å². The van der Waals surface area contributed by atoms with Crippen molar-refractivity contribution in [1.29, 1.82) is 0 Å². The summed E-state index contributed by atoms with van der Waals surface area (Å²) in [5, 5.41) is 3.76. The number of benzene rings is 1. The minimum absolute atomic E-state index is 0.395. The van der Waals surface area contributed by atoms with Crippen LogP contribution in [0.3, 0.4) is 0 Å². The van der Waals surface area contributed by atoms with Gasteiger partial charge in [-0.3, -0.25) is 0 Å². The number of hydrogen-bond acceptors (Lipinski definition) is 3. The van der Waals surface area contributed by atoms with Gasteiger partial charge in [0.25, 0.3) is 0 Å². The minimum atomic E-state index is 0.395. The van der Waals surface area contributed by atoms with E-state index in [1.165, 1.54) is 24.9 Å². The van der Waals surface area contributed by atoms with Crippen molar-refractivity contribution in [1.82, 2.24) is 10.2 Å². The van der Waals surface area contributed by atoms with E-state index in [2.05, 4.69) is 43.2 Å². The van der Waals surface area contributed by atoms with Crippen LogP contribution in [0, 0.1) is 0 Å². The van der Waals surface area contributed by atoms with E-state index in [0.29, 0.717) is 18.1 Å². The molecule has 1 aromatic carbocycles. The van der Waals surface area contributed by atoms with Crippen LogP contribution in [-0.4, -0.2) is 37.7 Å². The molecular formula is C16H26N2O. The maximum absolute atomic E-state index is 5.20. The first-order valence-corrected chi connectivity index (χ1v) is 7.20. The number of piperidine rings is 1. The van der Waals surface area contributed by atoms with E-state index >= 15 is 0 Å². The molecule has 0 aliphatic carbocycles. The van der Waals surface area contributed by atoms with Crippen molar-refractivity contribution in [3.8, 4) is 5.75 Å². The van der Waals surface area contributed by atoms with Crippen molar-refractivity contribution in [2.24, 2.45) is 0 Å². The Labute approximate surface area is 116 Å². The topological polar surface area (TPSA) is 24.5 Å². The number of hydrogen-bond donors (Lipinski definition) is 1. The zero-order valence-electron chi connectivity index (χ0n) is 12.5. The van der Waals surface area contributed by atoms with Crippen LogP contribution in [0.2, 0.25) is 0 Å². The second-order valence-corrected chi connectivity index (χ2v) is 5.71. The molecule has 1 aliphatic heterocycles. The van der Waals surface area contributed by atoms with Crippen molar-refractivity contribution in [3.05, 3.63) is 29.8 Å². The highest BCUT2D eigenvalue weighted by Crippen LogP contribution is 2.21. The van der Waals surface area contributed by atoms with Gasteiger partial charge >= 0.3 is 0 Å². The van der Waals surface area contributed by atoms with Crippen molar-refractivity contribution < 1.29 is 4.74 Å². The van der Waals surface area contributed by atoms with Crippen LogP contribution in [0.4, 0.5) is 0 Å². The summed E-state index contributed by atoms with van der Waals surface area (Å²) >= 11 is 0. The highest BCUT2D eigenvalue weighted by Gasteiger charge is 2.23. The number of methoxy groups -OCH3 is 1. The summed E-state index contributed by atoms with van der Waals surface area (Å²) in [4.78, 5) is 2.44. The van der Waals surface area contributed by atoms with Crippen LogP contribution in [0.1, 0.15) is 38.3 Å². The van der Waals surface area contributed by atoms with Crippen molar-refractivity contribution >= 4 is 0 Å². The highest BCUT2D eigenvalue weighted by atomic mass is 16.5. The number of nitrogens with zero attached hydrogens (tertiary/aromatic N) is 1. The summed E-state index contributed by atoms with van der Waals surface area (Å²) in [6.07, 6.45) is 2.47. The van der Waals surface area contributed by atoms with E-state index in [0.717, 1.165) is 5.75 Å². The van der Waals surface area contributed by atoms with E-state index in [9.17, 15) is 0 Å². The summed E-state index contributed by atoms with van der Waals surface area (Å²) in [5.41, 5.74) is 1.33. The highest BCUT2D eigenvalue weighted by molar-refractivity contribution is 5.28. The van der Waals surface area contributed by atoms with Crippen LogP contribution in [0.15, 0.2) is 24.3 Å². The van der Waals surface area contributed by atoms with Crippen molar-refractivity contribution in [2.45, 2.75) is 44.8 Å². The zero-order valence-corrected chi connectivity index (χ0v) is 12.5. The first kappa shape index (κ1) is 14.4. The monoisotopic (exact) mass is 262 g/mol. The van der Waals surface area contributed by atoms with Gasteiger partial charge in [0.2, 0.25) is 0 Å². The standard InChI is InChI=1S/C16H26N2O/c1-12-11-15(9-10-18(12)3)17-13(2)14-5-7-16(19-4)8-6-14/h5-8,12-13,15,17H,9-11H2,1-4H3. The molecule has 1 aliphatic rings. The van der Waals surface area contributed by atoms with Gasteiger partial charge in [-0.1, -0.05) is 12.1 Å². The fourth-order valence-corrected chi connectivity index (χ4v) is 2.78. The van der Waals surface area contributed by atoms with Crippen molar-refractivity contribution in [2.75, 3.05) is 20.7 Å². The molecule has 0 saturated carbocycles. The molecule has 3 unspecified atom stereocenters. The molecule has 1 saturated heterocycles. The lowest BCUT2D eigenvalue weighted by Crippen LogP contribution is -2.46. The summed E-state index contributed by atoms with van der Waals surface area (Å²) in [7, 11) is 3.92. The van der Waals surface area contributed by atoms with Gasteiger partial charge in [-0.25, -0.2) is 0 Å². The van der Waals surface area contributed by atoms with Gasteiger partial charge in [-0.2, -0.15) is 0 Å². The minimum Gasteiger partial charge on any atom is -0.497 e. The van der Waals surface area contributed by atoms with E-state index in [1.54, 1.807) is 7.11 Å². The molecule has 19 heavy (non-hydrogen) atoms. The predicted octanol–water partition coefficient (Wildman–Crippen LogP) is 2.83.